The lowest BCUT2D eigenvalue weighted by molar-refractivity contribution is 0.102. The van der Waals surface area contributed by atoms with Gasteiger partial charge in [-0.1, -0.05) is 11.6 Å². The zero-order chi connectivity index (χ0) is 16.6. The van der Waals surface area contributed by atoms with E-state index in [0.29, 0.717) is 23.5 Å². The average molecular weight is 317 g/mol. The summed E-state index contributed by atoms with van der Waals surface area (Å²) in [5.41, 5.74) is 2.73. The lowest BCUT2D eigenvalue weighted by Crippen LogP contribution is -2.40. The molecule has 0 aromatic heterocycles. The van der Waals surface area contributed by atoms with Crippen LogP contribution in [0, 0.1) is 0 Å². The fraction of sp³-hybridized carbons (Fsp3) is 0.500. The molecule has 1 N–H and O–H groups in total. The molecule has 2 aliphatic rings. The highest BCUT2D eigenvalue weighted by Crippen LogP contribution is 2.44. The van der Waals surface area contributed by atoms with Crippen molar-refractivity contribution < 1.29 is 19.4 Å². The number of hydrogen-bond acceptors (Lipinski definition) is 5. The maximum Gasteiger partial charge on any atom is 0.161 e. The van der Waals surface area contributed by atoms with Crippen molar-refractivity contribution in [2.24, 2.45) is 0 Å². The summed E-state index contributed by atoms with van der Waals surface area (Å²) in [6.45, 7) is 0.976. The van der Waals surface area contributed by atoms with Crippen LogP contribution < -0.4 is 9.47 Å². The van der Waals surface area contributed by atoms with Gasteiger partial charge in [-0.25, -0.2) is 0 Å². The van der Waals surface area contributed by atoms with E-state index in [1.807, 2.05) is 6.07 Å². The fourth-order valence-corrected chi connectivity index (χ4v) is 3.91. The Morgan fingerprint density at radius 1 is 1.26 bits per heavy atom. The smallest absolute Gasteiger partial charge is 0.161 e. The number of likely N-dealkylation sites (N-methyl/N-ethyl adjacent to an activating group) is 1. The molecule has 1 saturated heterocycles. The molecule has 0 bridgehead atoms. The minimum Gasteiger partial charge on any atom is -0.493 e. The third-order valence-electron chi connectivity index (χ3n) is 5.06. The lowest BCUT2D eigenvalue weighted by Gasteiger charge is -2.37. The second kappa shape index (κ2) is 6.34. The summed E-state index contributed by atoms with van der Waals surface area (Å²) in [5, 5.41) is 10.6. The molecule has 0 amide bonds. The third kappa shape index (κ3) is 2.64. The molecular weight excluding hydrogens is 294 g/mol. The van der Waals surface area contributed by atoms with Crippen LogP contribution in [0.4, 0.5) is 0 Å². The number of hydrogen-bond donors (Lipinski definition) is 1. The highest BCUT2D eigenvalue weighted by molar-refractivity contribution is 5.80. The summed E-state index contributed by atoms with van der Waals surface area (Å²) in [4.78, 5) is 13.9. The van der Waals surface area contributed by atoms with Gasteiger partial charge in [0.2, 0.25) is 0 Å². The maximum atomic E-state index is 11.6. The maximum absolute atomic E-state index is 11.6. The summed E-state index contributed by atoms with van der Waals surface area (Å²) in [7, 11) is 5.19. The van der Waals surface area contributed by atoms with E-state index in [2.05, 4.69) is 18.0 Å². The predicted molar refractivity (Wildman–Crippen MR) is 87.4 cm³/mol. The predicted octanol–water partition coefficient (Wildman–Crippen LogP) is 1.99. The number of rotatable bonds is 4. The van der Waals surface area contributed by atoms with Gasteiger partial charge >= 0.3 is 0 Å². The molecule has 3 atom stereocenters. The second-order valence-corrected chi connectivity index (χ2v) is 6.24. The van der Waals surface area contributed by atoms with Crippen molar-refractivity contribution in [3.8, 4) is 11.5 Å². The van der Waals surface area contributed by atoms with Crippen molar-refractivity contribution in [3.05, 3.63) is 34.9 Å². The molecule has 1 aliphatic heterocycles. The molecule has 3 rings (SSSR count). The summed E-state index contributed by atoms with van der Waals surface area (Å²) in [6.07, 6.45) is 4.11. The fourth-order valence-electron chi connectivity index (χ4n) is 3.91. The monoisotopic (exact) mass is 317 g/mol. The van der Waals surface area contributed by atoms with Crippen LogP contribution in [0.5, 0.6) is 11.5 Å². The molecule has 5 heteroatoms. The number of likely N-dealkylation sites (tertiary alicyclic amines) is 1. The molecule has 1 fully saturated rings. The van der Waals surface area contributed by atoms with Gasteiger partial charge in [0.1, 0.15) is 6.29 Å². The van der Waals surface area contributed by atoms with E-state index in [0.717, 1.165) is 24.8 Å². The quantitative estimate of drug-likeness (QED) is 0.680. The van der Waals surface area contributed by atoms with E-state index >= 15 is 0 Å². The first-order chi connectivity index (χ1) is 11.1. The van der Waals surface area contributed by atoms with E-state index in [1.165, 1.54) is 5.57 Å². The second-order valence-electron chi connectivity index (χ2n) is 6.24. The zero-order valence-corrected chi connectivity index (χ0v) is 13.8. The first kappa shape index (κ1) is 16.0. The van der Waals surface area contributed by atoms with E-state index < -0.39 is 6.10 Å². The zero-order valence-electron chi connectivity index (χ0n) is 13.8. The highest BCUT2D eigenvalue weighted by atomic mass is 16.5. The van der Waals surface area contributed by atoms with Crippen LogP contribution in [0.3, 0.4) is 0 Å². The van der Waals surface area contributed by atoms with Crippen LogP contribution in [-0.2, 0) is 0 Å². The Balaban J connectivity index is 2.12. The first-order valence-electron chi connectivity index (χ1n) is 7.89. The molecule has 1 aliphatic carbocycles. The van der Waals surface area contributed by atoms with Crippen LogP contribution >= 0.6 is 0 Å². The van der Waals surface area contributed by atoms with Crippen LogP contribution in [0.15, 0.2) is 23.8 Å². The molecule has 1 aromatic rings. The minimum absolute atomic E-state index is 0.135. The molecule has 5 nitrogen and oxygen atoms in total. The van der Waals surface area contributed by atoms with Crippen molar-refractivity contribution >= 4 is 6.29 Å². The normalized spacial score (nSPS) is 27.3. The van der Waals surface area contributed by atoms with Crippen molar-refractivity contribution in [1.29, 1.82) is 0 Å². The van der Waals surface area contributed by atoms with E-state index in [1.54, 1.807) is 20.3 Å². The molecule has 0 saturated carbocycles. The van der Waals surface area contributed by atoms with Gasteiger partial charge in [0.05, 0.1) is 20.3 Å². The van der Waals surface area contributed by atoms with Gasteiger partial charge in [-0.05, 0) is 37.6 Å². The number of benzene rings is 1. The number of nitrogens with zero attached hydrogens (tertiary/aromatic N) is 1. The van der Waals surface area contributed by atoms with Gasteiger partial charge in [0, 0.05) is 24.1 Å². The highest BCUT2D eigenvalue weighted by Gasteiger charge is 2.41. The number of ether oxygens (including phenoxy) is 2. The number of carbonyl (C=O) groups excluding carboxylic acids is 1. The van der Waals surface area contributed by atoms with Gasteiger partial charge in [0.25, 0.3) is 0 Å². The van der Waals surface area contributed by atoms with E-state index in [-0.39, 0.29) is 12.0 Å². The number of fused-ring (bicyclic) bond motifs is 1. The first-order valence-corrected chi connectivity index (χ1v) is 7.89. The Labute approximate surface area is 136 Å². The van der Waals surface area contributed by atoms with Gasteiger partial charge in [-0.3, -0.25) is 9.69 Å². The lowest BCUT2D eigenvalue weighted by atomic mass is 9.76. The standard InChI is InChI=1S/C18H23NO4/c1-19-7-6-11-4-5-14(21)17(18(11)19)13-9-16(23-3)15(22-2)8-12(13)10-20/h4,8-10,14,17-18,21H,5-7H2,1-3H3. The van der Waals surface area contributed by atoms with Crippen LogP contribution in [-0.4, -0.2) is 56.3 Å². The van der Waals surface area contributed by atoms with Crippen molar-refractivity contribution in [2.75, 3.05) is 27.8 Å². The van der Waals surface area contributed by atoms with Crippen LogP contribution in [0.25, 0.3) is 0 Å². The Kier molecular flexibility index (Phi) is 4.41. The van der Waals surface area contributed by atoms with Crippen molar-refractivity contribution in [1.82, 2.24) is 4.90 Å². The van der Waals surface area contributed by atoms with Gasteiger partial charge in [-0.15, -0.1) is 0 Å². The molecule has 1 aromatic carbocycles. The Hall–Kier alpha value is -1.85. The van der Waals surface area contributed by atoms with Crippen LogP contribution in [0.2, 0.25) is 0 Å². The Bertz CT molecular complexity index is 640. The molecule has 1 heterocycles. The van der Waals surface area contributed by atoms with Gasteiger partial charge in [0.15, 0.2) is 11.5 Å². The molecule has 124 valence electrons. The van der Waals surface area contributed by atoms with Crippen molar-refractivity contribution in [3.63, 3.8) is 0 Å². The topological polar surface area (TPSA) is 59.0 Å². The number of carbonyl (C=O) groups is 1. The minimum atomic E-state index is -0.513. The number of aliphatic hydroxyl groups is 1. The molecule has 3 unspecified atom stereocenters. The van der Waals surface area contributed by atoms with Crippen LogP contribution in [0.1, 0.15) is 34.7 Å². The van der Waals surface area contributed by atoms with Crippen molar-refractivity contribution in [2.45, 2.75) is 30.9 Å². The molecular formula is C18H23NO4. The number of methoxy groups -OCH3 is 2. The SMILES string of the molecule is COc1cc(C=O)c(C2C(O)CC=C3CCN(C)C32)cc1OC. The average Bonchev–Trinajstić information content (AvgIpc) is 2.95. The molecule has 0 radical (unpaired) electrons. The van der Waals surface area contributed by atoms with Gasteiger partial charge in [-0.2, -0.15) is 0 Å². The Morgan fingerprint density at radius 2 is 1.96 bits per heavy atom. The van der Waals surface area contributed by atoms with Gasteiger partial charge < -0.3 is 14.6 Å². The summed E-state index contributed by atoms with van der Waals surface area (Å²) < 4.78 is 10.7. The third-order valence-corrected chi connectivity index (χ3v) is 5.06. The number of aldehydes is 1. The molecule has 0 spiro atoms. The largest absolute Gasteiger partial charge is 0.493 e. The van der Waals surface area contributed by atoms with E-state index in [9.17, 15) is 9.90 Å². The Morgan fingerprint density at radius 3 is 2.61 bits per heavy atom. The summed E-state index contributed by atoms with van der Waals surface area (Å²) in [5.74, 6) is 0.971. The molecule has 23 heavy (non-hydrogen) atoms. The summed E-state index contributed by atoms with van der Waals surface area (Å²) in [6, 6.07) is 3.67. The summed E-state index contributed by atoms with van der Waals surface area (Å²) >= 11 is 0. The number of aliphatic hydroxyl groups excluding tert-OH is 1. The van der Waals surface area contributed by atoms with E-state index in [4.69, 9.17) is 9.47 Å².